The zero-order chi connectivity index (χ0) is 16.7. The molecule has 2 rings (SSSR count). The van der Waals surface area contributed by atoms with Crippen LogP contribution in [0.5, 0.6) is 0 Å². The normalized spacial score (nSPS) is 18.3. The number of benzene rings is 1. The maximum atomic E-state index is 12.1. The van der Waals surface area contributed by atoms with Gasteiger partial charge in [-0.3, -0.25) is 9.59 Å². The second-order valence-corrected chi connectivity index (χ2v) is 5.69. The van der Waals surface area contributed by atoms with E-state index >= 15 is 0 Å². The number of hydrogen-bond donors (Lipinski definition) is 1. The Bertz CT molecular complexity index is 582. The molecule has 2 N–H and O–H groups in total. The number of ether oxygens (including phenoxy) is 1. The first kappa shape index (κ1) is 17.0. The molecule has 1 aliphatic heterocycles. The Morgan fingerprint density at radius 1 is 1.35 bits per heavy atom. The fourth-order valence-electron chi connectivity index (χ4n) is 2.62. The van der Waals surface area contributed by atoms with Gasteiger partial charge in [0.1, 0.15) is 12.6 Å². The molecule has 1 aromatic carbocycles. The smallest absolute Gasteiger partial charge is 0.307 e. The van der Waals surface area contributed by atoms with Gasteiger partial charge in [-0.15, -0.1) is 0 Å². The minimum absolute atomic E-state index is 0.0103. The summed E-state index contributed by atoms with van der Waals surface area (Å²) in [4.78, 5) is 25.4. The number of rotatable bonds is 6. The second kappa shape index (κ2) is 8.30. The Morgan fingerprint density at radius 3 is 2.78 bits per heavy atom. The first-order chi connectivity index (χ1) is 11.1. The predicted octanol–water partition coefficient (Wildman–Crippen LogP) is 1.35. The monoisotopic (exact) mass is 315 g/mol. The average Bonchev–Trinajstić information content (AvgIpc) is 3.02. The number of carbonyl (C=O) groups excluding carboxylic acids is 2. The van der Waals surface area contributed by atoms with E-state index in [-0.39, 0.29) is 31.4 Å². The van der Waals surface area contributed by atoms with E-state index in [1.54, 1.807) is 4.90 Å². The largest absolute Gasteiger partial charge is 0.461 e. The first-order valence-electron chi connectivity index (χ1n) is 7.74. The molecule has 1 aromatic rings. The molecule has 122 valence electrons. The van der Waals surface area contributed by atoms with Crippen molar-refractivity contribution in [1.82, 2.24) is 4.90 Å². The van der Waals surface area contributed by atoms with Gasteiger partial charge in [-0.25, -0.2) is 0 Å². The van der Waals surface area contributed by atoms with E-state index in [4.69, 9.17) is 15.7 Å². The van der Waals surface area contributed by atoms with E-state index in [2.05, 4.69) is 6.07 Å². The Labute approximate surface area is 135 Å². The highest BCUT2D eigenvalue weighted by molar-refractivity contribution is 5.79. The SMILES string of the molecule is N#CC1CCCN1C(=O)CC(N)CC(=O)OCc1ccccc1. The van der Waals surface area contributed by atoms with Gasteiger partial charge in [-0.2, -0.15) is 5.26 Å². The van der Waals surface area contributed by atoms with Crippen molar-refractivity contribution in [3.63, 3.8) is 0 Å². The Balaban J connectivity index is 1.73. The minimum Gasteiger partial charge on any atom is -0.461 e. The number of carbonyl (C=O) groups is 2. The topological polar surface area (TPSA) is 96.4 Å². The summed E-state index contributed by atoms with van der Waals surface area (Å²) in [6.45, 7) is 0.783. The fourth-order valence-corrected chi connectivity index (χ4v) is 2.62. The lowest BCUT2D eigenvalue weighted by atomic mass is 10.1. The van der Waals surface area contributed by atoms with Crippen molar-refractivity contribution in [3.05, 3.63) is 35.9 Å². The molecule has 1 amide bonds. The molecule has 0 aliphatic carbocycles. The third kappa shape index (κ3) is 5.08. The summed E-state index contributed by atoms with van der Waals surface area (Å²) < 4.78 is 5.15. The third-order valence-corrected chi connectivity index (χ3v) is 3.83. The van der Waals surface area contributed by atoms with E-state index < -0.39 is 12.0 Å². The molecule has 6 heteroatoms. The molecule has 2 unspecified atom stereocenters. The summed E-state index contributed by atoms with van der Waals surface area (Å²) in [6, 6.07) is 10.5. The van der Waals surface area contributed by atoms with Gasteiger partial charge in [0, 0.05) is 19.0 Å². The molecule has 0 aromatic heterocycles. The zero-order valence-corrected chi connectivity index (χ0v) is 13.0. The maximum Gasteiger partial charge on any atom is 0.307 e. The summed E-state index contributed by atoms with van der Waals surface area (Å²) in [5.41, 5.74) is 6.77. The predicted molar refractivity (Wildman–Crippen MR) is 83.8 cm³/mol. The van der Waals surface area contributed by atoms with Gasteiger partial charge in [-0.1, -0.05) is 30.3 Å². The van der Waals surface area contributed by atoms with Crippen molar-refractivity contribution in [1.29, 1.82) is 5.26 Å². The highest BCUT2D eigenvalue weighted by atomic mass is 16.5. The van der Waals surface area contributed by atoms with Crippen molar-refractivity contribution in [3.8, 4) is 6.07 Å². The highest BCUT2D eigenvalue weighted by Crippen LogP contribution is 2.18. The summed E-state index contributed by atoms with van der Waals surface area (Å²) >= 11 is 0. The van der Waals surface area contributed by atoms with Crippen molar-refractivity contribution >= 4 is 11.9 Å². The van der Waals surface area contributed by atoms with E-state index in [1.165, 1.54) is 0 Å². The molecule has 23 heavy (non-hydrogen) atoms. The van der Waals surface area contributed by atoms with Crippen molar-refractivity contribution in [2.45, 2.75) is 44.4 Å². The van der Waals surface area contributed by atoms with Gasteiger partial charge < -0.3 is 15.4 Å². The van der Waals surface area contributed by atoms with Gasteiger partial charge in [0.2, 0.25) is 5.91 Å². The lowest BCUT2D eigenvalue weighted by molar-refractivity contribution is -0.145. The van der Waals surface area contributed by atoms with E-state index in [0.717, 1.165) is 12.0 Å². The fraction of sp³-hybridized carbons (Fsp3) is 0.471. The molecule has 0 saturated carbocycles. The molecule has 1 aliphatic rings. The van der Waals surface area contributed by atoms with Crippen LogP contribution in [0, 0.1) is 11.3 Å². The molecule has 0 bridgehead atoms. The molecular weight excluding hydrogens is 294 g/mol. The van der Waals surface area contributed by atoms with Crippen LogP contribution < -0.4 is 5.73 Å². The average molecular weight is 315 g/mol. The maximum absolute atomic E-state index is 12.1. The van der Waals surface area contributed by atoms with E-state index in [1.807, 2.05) is 30.3 Å². The quantitative estimate of drug-likeness (QED) is 0.799. The van der Waals surface area contributed by atoms with Crippen molar-refractivity contribution < 1.29 is 14.3 Å². The van der Waals surface area contributed by atoms with Crippen LogP contribution in [0.2, 0.25) is 0 Å². The lowest BCUT2D eigenvalue weighted by Gasteiger charge is -2.21. The number of nitriles is 1. The number of hydrogen-bond acceptors (Lipinski definition) is 5. The standard InChI is InChI=1S/C17H21N3O3/c18-11-15-7-4-8-20(15)16(21)9-14(19)10-17(22)23-12-13-5-2-1-3-6-13/h1-3,5-6,14-15H,4,7-10,12,19H2. The van der Waals surface area contributed by atoms with Crippen LogP contribution in [0.25, 0.3) is 0 Å². The van der Waals surface area contributed by atoms with Gasteiger partial charge in [0.15, 0.2) is 0 Å². The number of nitrogens with two attached hydrogens (primary N) is 1. The summed E-state index contributed by atoms with van der Waals surface area (Å²) in [5.74, 6) is -0.593. The second-order valence-electron chi connectivity index (χ2n) is 5.69. The number of esters is 1. The lowest BCUT2D eigenvalue weighted by Crippen LogP contribution is -2.39. The molecular formula is C17H21N3O3. The zero-order valence-electron chi connectivity index (χ0n) is 13.0. The van der Waals surface area contributed by atoms with Crippen LogP contribution in [0.3, 0.4) is 0 Å². The molecule has 2 atom stereocenters. The number of nitrogens with zero attached hydrogens (tertiary/aromatic N) is 2. The van der Waals surface area contributed by atoms with Gasteiger partial charge in [-0.05, 0) is 18.4 Å². The van der Waals surface area contributed by atoms with E-state index in [0.29, 0.717) is 13.0 Å². The molecule has 0 radical (unpaired) electrons. The van der Waals surface area contributed by atoms with Gasteiger partial charge >= 0.3 is 5.97 Å². The molecule has 1 fully saturated rings. The summed E-state index contributed by atoms with van der Waals surface area (Å²) in [5, 5.41) is 8.99. The van der Waals surface area contributed by atoms with E-state index in [9.17, 15) is 9.59 Å². The molecule has 6 nitrogen and oxygen atoms in total. The van der Waals surface area contributed by atoms with Crippen LogP contribution in [-0.2, 0) is 20.9 Å². The summed E-state index contributed by atoms with van der Waals surface area (Å²) in [6.07, 6.45) is 1.58. The summed E-state index contributed by atoms with van der Waals surface area (Å²) in [7, 11) is 0. The minimum atomic E-state index is -0.592. The number of likely N-dealkylation sites (tertiary alicyclic amines) is 1. The van der Waals surface area contributed by atoms with Crippen LogP contribution in [0.4, 0.5) is 0 Å². The van der Waals surface area contributed by atoms with Crippen LogP contribution >= 0.6 is 0 Å². The first-order valence-corrected chi connectivity index (χ1v) is 7.74. The third-order valence-electron chi connectivity index (χ3n) is 3.83. The Morgan fingerprint density at radius 2 is 2.09 bits per heavy atom. The molecule has 0 spiro atoms. The van der Waals surface area contributed by atoms with Crippen molar-refractivity contribution in [2.75, 3.05) is 6.54 Å². The van der Waals surface area contributed by atoms with Crippen LogP contribution in [-0.4, -0.2) is 35.4 Å². The van der Waals surface area contributed by atoms with Crippen LogP contribution in [0.15, 0.2) is 30.3 Å². The Hall–Kier alpha value is -2.39. The molecule has 1 saturated heterocycles. The van der Waals surface area contributed by atoms with Gasteiger partial charge in [0.05, 0.1) is 12.5 Å². The highest BCUT2D eigenvalue weighted by Gasteiger charge is 2.29. The Kier molecular flexibility index (Phi) is 6.12. The van der Waals surface area contributed by atoms with Crippen LogP contribution in [0.1, 0.15) is 31.2 Å². The van der Waals surface area contributed by atoms with Gasteiger partial charge in [0.25, 0.3) is 0 Å². The van der Waals surface area contributed by atoms with Crippen molar-refractivity contribution in [2.24, 2.45) is 5.73 Å². The molecule has 1 heterocycles. The number of amides is 1.